The van der Waals surface area contributed by atoms with Gasteiger partial charge in [0, 0.05) is 5.69 Å². The van der Waals surface area contributed by atoms with Gasteiger partial charge in [0.2, 0.25) is 11.1 Å². The van der Waals surface area contributed by atoms with E-state index in [0.717, 1.165) is 18.3 Å². The lowest BCUT2D eigenvalue weighted by Gasteiger charge is -2.05. The van der Waals surface area contributed by atoms with Gasteiger partial charge in [-0.25, -0.2) is 0 Å². The molecule has 23 heavy (non-hydrogen) atoms. The van der Waals surface area contributed by atoms with Crippen LogP contribution in [0.25, 0.3) is 5.78 Å². The fourth-order valence-electron chi connectivity index (χ4n) is 1.94. The Morgan fingerprint density at radius 3 is 2.83 bits per heavy atom. The number of nitrogens with zero attached hydrogens (tertiary/aromatic N) is 4. The first-order chi connectivity index (χ1) is 11.2. The summed E-state index contributed by atoms with van der Waals surface area (Å²) in [6, 6.07) is 7.71. The molecule has 0 spiro atoms. The summed E-state index contributed by atoms with van der Waals surface area (Å²) in [6.07, 6.45) is 2.09. The van der Waals surface area contributed by atoms with Gasteiger partial charge in [-0.15, -0.1) is 10.2 Å². The van der Waals surface area contributed by atoms with Gasteiger partial charge in [-0.05, 0) is 24.1 Å². The van der Waals surface area contributed by atoms with E-state index in [1.165, 1.54) is 21.8 Å². The molecule has 0 aliphatic rings. The van der Waals surface area contributed by atoms with Crippen LogP contribution in [0.4, 0.5) is 5.69 Å². The molecule has 3 aromatic rings. The van der Waals surface area contributed by atoms with Crippen LogP contribution in [0.1, 0.15) is 12.5 Å². The Morgan fingerprint density at radius 2 is 2.09 bits per heavy atom. The molecule has 1 amide bonds. The number of nitrogens with one attached hydrogen (secondary N) is 2. The first kappa shape index (κ1) is 15.2. The van der Waals surface area contributed by atoms with Crippen LogP contribution in [0.15, 0.2) is 40.4 Å². The van der Waals surface area contributed by atoms with Crippen molar-refractivity contribution in [3.05, 3.63) is 46.4 Å². The molecule has 0 aliphatic carbocycles. The van der Waals surface area contributed by atoms with Crippen LogP contribution in [0.2, 0.25) is 0 Å². The van der Waals surface area contributed by atoms with Crippen molar-refractivity contribution in [3.63, 3.8) is 0 Å². The molecule has 0 atom stereocenters. The number of aryl methyl sites for hydroxylation is 1. The number of benzene rings is 1. The predicted octanol–water partition coefficient (Wildman–Crippen LogP) is 1.11. The second kappa shape index (κ2) is 6.61. The van der Waals surface area contributed by atoms with Crippen LogP contribution in [-0.4, -0.2) is 36.5 Å². The third kappa shape index (κ3) is 3.57. The molecule has 9 heteroatoms. The number of anilines is 1. The number of H-pyrrole nitrogens is 1. The number of thioether (sulfide) groups is 1. The molecule has 1 aromatic carbocycles. The number of aromatic amines is 1. The van der Waals surface area contributed by atoms with E-state index in [1.807, 2.05) is 24.3 Å². The van der Waals surface area contributed by atoms with Gasteiger partial charge in [0.25, 0.3) is 11.3 Å². The monoisotopic (exact) mass is 330 g/mol. The zero-order valence-corrected chi connectivity index (χ0v) is 13.1. The number of rotatable bonds is 5. The third-order valence-corrected chi connectivity index (χ3v) is 4.04. The third-order valence-electron chi connectivity index (χ3n) is 3.12. The maximum atomic E-state index is 12.0. The summed E-state index contributed by atoms with van der Waals surface area (Å²) >= 11 is 1.19. The lowest BCUT2D eigenvalue weighted by Crippen LogP contribution is -2.14. The van der Waals surface area contributed by atoms with Crippen LogP contribution in [-0.2, 0) is 11.2 Å². The van der Waals surface area contributed by atoms with Crippen LogP contribution in [0.3, 0.4) is 0 Å². The summed E-state index contributed by atoms with van der Waals surface area (Å²) in [6.45, 7) is 2.08. The van der Waals surface area contributed by atoms with Gasteiger partial charge >= 0.3 is 0 Å². The summed E-state index contributed by atoms with van der Waals surface area (Å²) in [7, 11) is 0. The smallest absolute Gasteiger partial charge is 0.271 e. The van der Waals surface area contributed by atoms with E-state index in [4.69, 9.17) is 0 Å². The van der Waals surface area contributed by atoms with Crippen molar-refractivity contribution in [2.24, 2.45) is 0 Å². The van der Waals surface area contributed by atoms with Crippen LogP contribution in [0.5, 0.6) is 0 Å². The van der Waals surface area contributed by atoms with Crippen molar-refractivity contribution < 1.29 is 4.79 Å². The number of amides is 1. The van der Waals surface area contributed by atoms with E-state index < -0.39 is 0 Å². The first-order valence-electron chi connectivity index (χ1n) is 6.98. The van der Waals surface area contributed by atoms with Crippen LogP contribution >= 0.6 is 11.8 Å². The summed E-state index contributed by atoms with van der Waals surface area (Å²) in [5.41, 5.74) is 1.61. The van der Waals surface area contributed by atoms with E-state index in [0.29, 0.717) is 5.16 Å². The van der Waals surface area contributed by atoms with Crippen molar-refractivity contribution in [1.29, 1.82) is 0 Å². The Hall–Kier alpha value is -2.68. The van der Waals surface area contributed by atoms with Gasteiger partial charge in [0.05, 0.1) is 5.75 Å². The number of hydrogen-bond donors (Lipinski definition) is 2. The highest BCUT2D eigenvalue weighted by molar-refractivity contribution is 7.99. The number of carbonyl (C=O) groups excluding carboxylic acids is 1. The largest absolute Gasteiger partial charge is 0.325 e. The summed E-state index contributed by atoms with van der Waals surface area (Å²) < 4.78 is 1.38. The van der Waals surface area contributed by atoms with Gasteiger partial charge in [-0.1, -0.05) is 30.8 Å². The lowest BCUT2D eigenvalue weighted by atomic mass is 10.1. The van der Waals surface area contributed by atoms with Crippen molar-refractivity contribution in [3.8, 4) is 0 Å². The maximum Gasteiger partial charge on any atom is 0.271 e. The average molecular weight is 330 g/mol. The fraction of sp³-hybridized carbons (Fsp3) is 0.214. The Kier molecular flexibility index (Phi) is 4.38. The zero-order valence-electron chi connectivity index (χ0n) is 12.3. The average Bonchev–Trinajstić information content (AvgIpc) is 2.95. The molecule has 0 aliphatic heterocycles. The van der Waals surface area contributed by atoms with E-state index in [9.17, 15) is 9.59 Å². The van der Waals surface area contributed by atoms with Crippen molar-refractivity contribution in [2.45, 2.75) is 18.5 Å². The molecular formula is C14H14N6O2S. The molecule has 0 bridgehead atoms. The SMILES string of the molecule is CCc1ccc(NC(=O)CSc2nnc3[nH]c(=O)cnn23)cc1. The standard InChI is InChI=1S/C14H14N6O2S/c1-2-9-3-5-10(6-4-9)16-12(22)8-23-14-19-18-13-17-11(21)7-15-20(13)14/h3-7H,2,8H2,1H3,(H,16,22)(H,17,18,21). The number of hydrogen-bond acceptors (Lipinski definition) is 6. The van der Waals surface area contributed by atoms with Gasteiger partial charge < -0.3 is 5.32 Å². The maximum absolute atomic E-state index is 12.0. The summed E-state index contributed by atoms with van der Waals surface area (Å²) in [5, 5.41) is 14.9. The predicted molar refractivity (Wildman–Crippen MR) is 86.6 cm³/mol. The van der Waals surface area contributed by atoms with Crippen LogP contribution < -0.4 is 10.9 Å². The molecule has 2 aromatic heterocycles. The lowest BCUT2D eigenvalue weighted by molar-refractivity contribution is -0.113. The van der Waals surface area contributed by atoms with E-state index in [-0.39, 0.29) is 23.0 Å². The highest BCUT2D eigenvalue weighted by Gasteiger charge is 2.10. The minimum Gasteiger partial charge on any atom is -0.325 e. The number of carbonyl (C=O) groups is 1. The molecule has 2 N–H and O–H groups in total. The fourth-order valence-corrected chi connectivity index (χ4v) is 2.63. The molecule has 0 unspecified atom stereocenters. The molecule has 3 rings (SSSR count). The minimum absolute atomic E-state index is 0.152. The van der Waals surface area contributed by atoms with Crippen molar-refractivity contribution in [1.82, 2.24) is 24.8 Å². The molecule has 0 fully saturated rings. The second-order valence-electron chi connectivity index (χ2n) is 4.74. The first-order valence-corrected chi connectivity index (χ1v) is 7.96. The Balaban J connectivity index is 1.62. The molecular weight excluding hydrogens is 316 g/mol. The summed E-state index contributed by atoms with van der Waals surface area (Å²) in [5.74, 6) is 0.257. The van der Waals surface area contributed by atoms with Crippen molar-refractivity contribution in [2.75, 3.05) is 11.1 Å². The Labute approximate surface area is 135 Å². The quantitative estimate of drug-likeness (QED) is 0.679. The highest BCUT2D eigenvalue weighted by Crippen LogP contribution is 2.15. The van der Waals surface area contributed by atoms with Gasteiger partial charge in [0.1, 0.15) is 6.20 Å². The normalized spacial score (nSPS) is 10.8. The van der Waals surface area contributed by atoms with Gasteiger partial charge in [0.15, 0.2) is 0 Å². The van der Waals surface area contributed by atoms with E-state index in [1.54, 1.807) is 0 Å². The molecule has 0 saturated carbocycles. The molecule has 2 heterocycles. The number of aromatic nitrogens is 5. The number of fused-ring (bicyclic) bond motifs is 1. The highest BCUT2D eigenvalue weighted by atomic mass is 32.2. The molecule has 0 saturated heterocycles. The minimum atomic E-state index is -0.352. The van der Waals surface area contributed by atoms with Crippen molar-refractivity contribution >= 4 is 29.1 Å². The Morgan fingerprint density at radius 1 is 1.30 bits per heavy atom. The van der Waals surface area contributed by atoms with Gasteiger partial charge in [-0.3, -0.25) is 14.6 Å². The summed E-state index contributed by atoms with van der Waals surface area (Å²) in [4.78, 5) is 25.6. The van der Waals surface area contributed by atoms with E-state index >= 15 is 0 Å². The van der Waals surface area contributed by atoms with Gasteiger partial charge in [-0.2, -0.15) is 9.61 Å². The topological polar surface area (TPSA) is 105 Å². The zero-order chi connectivity index (χ0) is 16.2. The molecule has 0 radical (unpaired) electrons. The second-order valence-corrected chi connectivity index (χ2v) is 5.68. The van der Waals surface area contributed by atoms with E-state index in [2.05, 4.69) is 32.5 Å². The Bertz CT molecular complexity index is 886. The molecule has 8 nitrogen and oxygen atoms in total. The molecule has 118 valence electrons. The van der Waals surface area contributed by atoms with Crippen LogP contribution in [0, 0.1) is 0 Å².